The first-order chi connectivity index (χ1) is 20.6. The van der Waals surface area contributed by atoms with Crippen molar-refractivity contribution in [3.05, 3.63) is 100 Å². The lowest BCUT2D eigenvalue weighted by Gasteiger charge is -2.34. The fourth-order valence-electron chi connectivity index (χ4n) is 5.53. The fraction of sp³-hybridized carbons (Fsp3) is 0.394. The molecule has 1 fully saturated rings. The lowest BCUT2D eigenvalue weighted by Crippen LogP contribution is -2.53. The molecule has 2 amide bonds. The number of hydrogen-bond donors (Lipinski definition) is 1. The predicted molar refractivity (Wildman–Crippen MR) is 174 cm³/mol. The third kappa shape index (κ3) is 9.71. The van der Waals surface area contributed by atoms with Crippen LogP contribution in [0.3, 0.4) is 0 Å². The van der Waals surface area contributed by atoms with Crippen molar-refractivity contribution in [2.75, 3.05) is 17.1 Å². The lowest BCUT2D eigenvalue weighted by atomic mass is 9.94. The van der Waals surface area contributed by atoms with Gasteiger partial charge in [-0.25, -0.2) is 8.42 Å². The molecule has 1 saturated carbocycles. The number of carbonyl (C=O) groups excluding carboxylic acids is 2. The highest BCUT2D eigenvalue weighted by Gasteiger charge is 2.32. The van der Waals surface area contributed by atoms with Gasteiger partial charge in [0, 0.05) is 42.0 Å². The first kappa shape index (κ1) is 32.8. The maximum Gasteiger partial charge on any atom is 0.243 e. The van der Waals surface area contributed by atoms with Gasteiger partial charge in [0.15, 0.2) is 0 Å². The quantitative estimate of drug-likeness (QED) is 0.227. The van der Waals surface area contributed by atoms with Crippen LogP contribution in [0.2, 0.25) is 10.0 Å². The summed E-state index contributed by atoms with van der Waals surface area (Å²) < 4.78 is 26.5. The van der Waals surface area contributed by atoms with E-state index in [9.17, 15) is 18.0 Å². The van der Waals surface area contributed by atoms with Crippen LogP contribution in [-0.2, 0) is 32.6 Å². The molecule has 1 aliphatic carbocycles. The molecule has 1 unspecified atom stereocenters. The summed E-state index contributed by atoms with van der Waals surface area (Å²) in [5.74, 6) is -0.455. The van der Waals surface area contributed by atoms with Crippen LogP contribution >= 0.6 is 23.2 Å². The van der Waals surface area contributed by atoms with Crippen LogP contribution in [0.15, 0.2) is 78.9 Å². The number of hydrogen-bond acceptors (Lipinski definition) is 4. The minimum Gasteiger partial charge on any atom is -0.352 e. The summed E-state index contributed by atoms with van der Waals surface area (Å²) in [4.78, 5) is 29.6. The van der Waals surface area contributed by atoms with E-state index in [0.29, 0.717) is 27.7 Å². The van der Waals surface area contributed by atoms with E-state index in [1.165, 1.54) is 4.31 Å². The van der Waals surface area contributed by atoms with E-state index < -0.39 is 16.1 Å². The van der Waals surface area contributed by atoms with Crippen LogP contribution < -0.4 is 9.62 Å². The van der Waals surface area contributed by atoms with Gasteiger partial charge < -0.3 is 10.2 Å². The molecule has 43 heavy (non-hydrogen) atoms. The second kappa shape index (κ2) is 15.6. The molecule has 0 aliphatic heterocycles. The predicted octanol–water partition coefficient (Wildman–Crippen LogP) is 6.63. The van der Waals surface area contributed by atoms with Gasteiger partial charge in [-0.1, -0.05) is 97.1 Å². The Morgan fingerprint density at radius 1 is 0.930 bits per heavy atom. The first-order valence-corrected chi connectivity index (χ1v) is 17.3. The number of para-hydroxylation sites is 1. The molecule has 0 bridgehead atoms. The number of anilines is 1. The molecule has 1 aliphatic rings. The molecule has 1 N–H and O–H groups in total. The molecule has 0 spiro atoms. The topological polar surface area (TPSA) is 86.8 Å². The highest BCUT2D eigenvalue weighted by molar-refractivity contribution is 7.92. The van der Waals surface area contributed by atoms with Crippen molar-refractivity contribution in [2.45, 2.75) is 70.0 Å². The van der Waals surface area contributed by atoms with Crippen molar-refractivity contribution in [1.29, 1.82) is 0 Å². The van der Waals surface area contributed by atoms with Gasteiger partial charge in [-0.05, 0) is 54.7 Å². The number of nitrogens with zero attached hydrogens (tertiary/aromatic N) is 2. The van der Waals surface area contributed by atoms with Crippen molar-refractivity contribution in [2.24, 2.45) is 0 Å². The van der Waals surface area contributed by atoms with Crippen LogP contribution in [0.1, 0.15) is 56.1 Å². The summed E-state index contributed by atoms with van der Waals surface area (Å²) in [5.41, 5.74) is 2.14. The Bertz CT molecular complexity index is 1470. The van der Waals surface area contributed by atoms with Gasteiger partial charge in [-0.2, -0.15) is 0 Å². The SMILES string of the molecule is CS(=O)(=O)N(CCCC(=O)N(Cc1ccc(Cl)cc1Cl)C(Cc1ccccc1)C(=O)NC1CCCCC1)c1ccccc1. The van der Waals surface area contributed by atoms with Gasteiger partial charge >= 0.3 is 0 Å². The number of sulfonamides is 1. The van der Waals surface area contributed by atoms with E-state index in [2.05, 4.69) is 5.32 Å². The zero-order valence-electron chi connectivity index (χ0n) is 24.4. The third-order valence-corrected chi connectivity index (χ3v) is 9.56. The molecule has 4 rings (SSSR count). The maximum atomic E-state index is 14.0. The number of rotatable bonds is 13. The zero-order chi connectivity index (χ0) is 30.8. The van der Waals surface area contributed by atoms with Crippen LogP contribution in [0.4, 0.5) is 5.69 Å². The maximum absolute atomic E-state index is 14.0. The highest BCUT2D eigenvalue weighted by atomic mass is 35.5. The van der Waals surface area contributed by atoms with Crippen molar-refractivity contribution >= 4 is 50.7 Å². The summed E-state index contributed by atoms with van der Waals surface area (Å²) in [5, 5.41) is 4.11. The third-order valence-electron chi connectivity index (χ3n) is 7.77. The second-order valence-electron chi connectivity index (χ2n) is 11.1. The summed E-state index contributed by atoms with van der Waals surface area (Å²) in [7, 11) is -3.57. The number of benzene rings is 3. The van der Waals surface area contributed by atoms with Crippen LogP contribution in [-0.4, -0.2) is 50.0 Å². The van der Waals surface area contributed by atoms with Gasteiger partial charge in [-0.15, -0.1) is 0 Å². The molecule has 3 aromatic carbocycles. The van der Waals surface area contributed by atoms with E-state index in [-0.39, 0.29) is 43.8 Å². The molecule has 0 aromatic heterocycles. The summed E-state index contributed by atoms with van der Waals surface area (Å²) in [6, 6.07) is 22.8. The van der Waals surface area contributed by atoms with Crippen LogP contribution in [0, 0.1) is 0 Å². The number of carbonyl (C=O) groups is 2. The minimum atomic E-state index is -3.57. The molecule has 230 valence electrons. The first-order valence-electron chi connectivity index (χ1n) is 14.7. The average molecular weight is 645 g/mol. The second-order valence-corrected chi connectivity index (χ2v) is 13.8. The molecule has 0 heterocycles. The minimum absolute atomic E-state index is 0.0477. The molecule has 0 saturated heterocycles. The molecular weight excluding hydrogens is 605 g/mol. The van der Waals surface area contributed by atoms with E-state index in [4.69, 9.17) is 23.2 Å². The Balaban J connectivity index is 1.61. The van der Waals surface area contributed by atoms with Crippen molar-refractivity contribution in [3.8, 4) is 0 Å². The van der Waals surface area contributed by atoms with Gasteiger partial charge in [0.05, 0.1) is 11.9 Å². The average Bonchev–Trinajstić information content (AvgIpc) is 2.99. The van der Waals surface area contributed by atoms with Gasteiger partial charge in [0.1, 0.15) is 6.04 Å². The number of nitrogens with one attached hydrogen (secondary N) is 1. The molecule has 1 atom stereocenters. The largest absolute Gasteiger partial charge is 0.352 e. The zero-order valence-corrected chi connectivity index (χ0v) is 26.8. The van der Waals surface area contributed by atoms with Crippen molar-refractivity contribution in [3.63, 3.8) is 0 Å². The van der Waals surface area contributed by atoms with Crippen LogP contribution in [0.25, 0.3) is 0 Å². The number of halogens is 2. The summed E-state index contributed by atoms with van der Waals surface area (Å²) >= 11 is 12.7. The van der Waals surface area contributed by atoms with Gasteiger partial charge in [-0.3, -0.25) is 13.9 Å². The molecule has 7 nitrogen and oxygen atoms in total. The van der Waals surface area contributed by atoms with E-state index in [1.54, 1.807) is 47.4 Å². The normalized spacial score (nSPS) is 14.6. The van der Waals surface area contributed by atoms with Crippen molar-refractivity contribution < 1.29 is 18.0 Å². The van der Waals surface area contributed by atoms with E-state index in [1.807, 2.05) is 36.4 Å². The monoisotopic (exact) mass is 643 g/mol. The van der Waals surface area contributed by atoms with E-state index in [0.717, 1.165) is 43.9 Å². The Labute approximate surface area is 265 Å². The lowest BCUT2D eigenvalue weighted by molar-refractivity contribution is -0.141. The Hall–Kier alpha value is -3.07. The molecule has 3 aromatic rings. The van der Waals surface area contributed by atoms with Gasteiger partial charge in [0.2, 0.25) is 21.8 Å². The van der Waals surface area contributed by atoms with Crippen molar-refractivity contribution in [1.82, 2.24) is 10.2 Å². The Kier molecular flexibility index (Phi) is 11.9. The van der Waals surface area contributed by atoms with E-state index >= 15 is 0 Å². The Morgan fingerprint density at radius 2 is 1.58 bits per heavy atom. The summed E-state index contributed by atoms with van der Waals surface area (Å²) in [6.07, 6.45) is 6.93. The van der Waals surface area contributed by atoms with Crippen LogP contribution in [0.5, 0.6) is 0 Å². The summed E-state index contributed by atoms with van der Waals surface area (Å²) in [6.45, 7) is 0.237. The molecular formula is C33H39Cl2N3O4S. The standard InChI is InChI=1S/C33H39Cl2N3O4S/c1-43(41,42)38(29-16-9-4-10-17-29)21-11-18-32(39)37(24-26-19-20-27(34)23-30(26)35)31(22-25-12-5-2-6-13-25)33(40)36-28-14-7-3-8-15-28/h2,4-6,9-10,12-13,16-17,19-20,23,28,31H,3,7-8,11,14-15,18,21-22,24H2,1H3,(H,36,40). The highest BCUT2D eigenvalue weighted by Crippen LogP contribution is 2.26. The fourth-order valence-corrected chi connectivity index (χ4v) is 6.96. The van der Waals surface area contributed by atoms with Gasteiger partial charge in [0.25, 0.3) is 0 Å². The smallest absolute Gasteiger partial charge is 0.243 e. The molecule has 0 radical (unpaired) electrons. The number of amides is 2. The molecule has 10 heteroatoms. The Morgan fingerprint density at radius 3 is 2.21 bits per heavy atom.